The Bertz CT molecular complexity index is 292. The molecule has 0 unspecified atom stereocenters. The number of nitrogens with two attached hydrogens (primary N) is 2. The SMILES string of the molecule is CC(C)[C@H](N)C(=O)O.N[C@@H](CCC(=O)O)C(=O)O. The molecule has 0 fully saturated rings. The molecule has 0 spiro atoms. The van der Waals surface area contributed by atoms with Crippen molar-refractivity contribution in [2.24, 2.45) is 17.4 Å². The number of carboxylic acids is 3. The smallest absolute Gasteiger partial charge is 0.320 e. The largest absolute Gasteiger partial charge is 0.481 e. The molecule has 0 bridgehead atoms. The fraction of sp³-hybridized carbons (Fsp3) is 0.700. The van der Waals surface area contributed by atoms with Crippen LogP contribution < -0.4 is 11.5 Å². The van der Waals surface area contributed by atoms with E-state index in [2.05, 4.69) is 0 Å². The molecule has 8 nitrogen and oxygen atoms in total. The van der Waals surface area contributed by atoms with Crippen molar-refractivity contribution < 1.29 is 29.7 Å². The minimum atomic E-state index is -1.17. The van der Waals surface area contributed by atoms with Crippen molar-refractivity contribution in [3.8, 4) is 0 Å². The lowest BCUT2D eigenvalue weighted by atomic mass is 10.1. The highest BCUT2D eigenvalue weighted by atomic mass is 16.4. The molecular formula is C10H20N2O6. The first-order chi connectivity index (χ1) is 8.09. The normalized spacial score (nSPS) is 13.2. The molecule has 0 aliphatic heterocycles. The summed E-state index contributed by atoms with van der Waals surface area (Å²) in [4.78, 5) is 29.9. The molecule has 0 aromatic rings. The third-order valence-electron chi connectivity index (χ3n) is 1.99. The minimum Gasteiger partial charge on any atom is -0.481 e. The molecular weight excluding hydrogens is 244 g/mol. The van der Waals surface area contributed by atoms with E-state index < -0.39 is 30.0 Å². The Balaban J connectivity index is 0. The summed E-state index contributed by atoms with van der Waals surface area (Å²) in [6.45, 7) is 3.55. The summed E-state index contributed by atoms with van der Waals surface area (Å²) in [7, 11) is 0. The maximum absolute atomic E-state index is 10.0. The van der Waals surface area contributed by atoms with Crippen molar-refractivity contribution in [1.29, 1.82) is 0 Å². The standard InChI is InChI=1S/C5H9NO4.C5H11NO2/c6-3(5(9)10)1-2-4(7)8;1-3(2)4(6)5(7)8/h3H,1-2,6H2,(H,7,8)(H,9,10);3-4H,6H2,1-2H3,(H,7,8)/t3-;4-/m00/s1. The summed E-state index contributed by atoms with van der Waals surface area (Å²) < 4.78 is 0. The zero-order chi connectivity index (χ0) is 14.9. The van der Waals surface area contributed by atoms with Crippen LogP contribution in [0.1, 0.15) is 26.7 Å². The van der Waals surface area contributed by atoms with Crippen LogP contribution in [0.5, 0.6) is 0 Å². The number of carboxylic acid groups (broad SMARTS) is 3. The van der Waals surface area contributed by atoms with Crippen LogP contribution in [0.25, 0.3) is 0 Å². The van der Waals surface area contributed by atoms with Gasteiger partial charge in [-0.15, -0.1) is 0 Å². The Morgan fingerprint density at radius 3 is 1.61 bits per heavy atom. The number of carbonyl (C=O) groups is 3. The topological polar surface area (TPSA) is 164 Å². The number of hydrogen-bond donors (Lipinski definition) is 5. The Morgan fingerprint density at radius 2 is 1.44 bits per heavy atom. The quantitative estimate of drug-likeness (QED) is 0.421. The Hall–Kier alpha value is -1.67. The van der Waals surface area contributed by atoms with Gasteiger partial charge < -0.3 is 26.8 Å². The third kappa shape index (κ3) is 10.8. The second kappa shape index (κ2) is 9.37. The summed E-state index contributed by atoms with van der Waals surface area (Å²) in [5, 5.41) is 24.5. The monoisotopic (exact) mass is 264 g/mol. The van der Waals surface area contributed by atoms with Gasteiger partial charge in [-0.25, -0.2) is 0 Å². The molecule has 0 rings (SSSR count). The molecule has 0 aliphatic carbocycles. The number of aliphatic carboxylic acids is 3. The average molecular weight is 264 g/mol. The minimum absolute atomic E-state index is 0.0208. The van der Waals surface area contributed by atoms with Crippen LogP contribution in [0.15, 0.2) is 0 Å². The summed E-state index contributed by atoms with van der Waals surface area (Å²) in [6, 6.07) is -1.77. The van der Waals surface area contributed by atoms with Crippen LogP contribution in [-0.4, -0.2) is 45.3 Å². The third-order valence-corrected chi connectivity index (χ3v) is 1.99. The Kier molecular flexibility index (Phi) is 9.73. The fourth-order valence-corrected chi connectivity index (χ4v) is 0.688. The zero-order valence-corrected chi connectivity index (χ0v) is 10.4. The van der Waals surface area contributed by atoms with Crippen molar-refractivity contribution in [2.45, 2.75) is 38.8 Å². The van der Waals surface area contributed by atoms with E-state index in [0.717, 1.165) is 0 Å². The second-order valence-electron chi connectivity index (χ2n) is 3.99. The molecule has 0 heterocycles. The molecule has 0 aromatic carbocycles. The number of rotatable bonds is 6. The zero-order valence-electron chi connectivity index (χ0n) is 10.4. The molecule has 8 heteroatoms. The summed E-state index contributed by atoms with van der Waals surface area (Å²) in [5.41, 5.74) is 10.2. The highest BCUT2D eigenvalue weighted by Gasteiger charge is 2.14. The van der Waals surface area contributed by atoms with Crippen molar-refractivity contribution in [3.05, 3.63) is 0 Å². The van der Waals surface area contributed by atoms with Gasteiger partial charge >= 0.3 is 17.9 Å². The first-order valence-corrected chi connectivity index (χ1v) is 5.28. The highest BCUT2D eigenvalue weighted by Crippen LogP contribution is 1.96. The van der Waals surface area contributed by atoms with Crippen molar-refractivity contribution >= 4 is 17.9 Å². The summed E-state index contributed by atoms with van der Waals surface area (Å²) in [5.74, 6) is -3.11. The van der Waals surface area contributed by atoms with E-state index in [0.29, 0.717) is 0 Å². The van der Waals surface area contributed by atoms with Crippen molar-refractivity contribution in [2.75, 3.05) is 0 Å². The summed E-state index contributed by atoms with van der Waals surface area (Å²) >= 11 is 0. The Labute approximate surface area is 105 Å². The maximum atomic E-state index is 10.0. The van der Waals surface area contributed by atoms with Gasteiger partial charge in [0, 0.05) is 6.42 Å². The summed E-state index contributed by atoms with van der Waals surface area (Å²) in [6.07, 6.45) is -0.224. The van der Waals surface area contributed by atoms with E-state index in [1.54, 1.807) is 13.8 Å². The van der Waals surface area contributed by atoms with E-state index in [1.165, 1.54) is 0 Å². The molecule has 0 aromatic heterocycles. The van der Waals surface area contributed by atoms with Crippen LogP contribution >= 0.6 is 0 Å². The average Bonchev–Trinajstić information content (AvgIpc) is 2.24. The van der Waals surface area contributed by atoms with Gasteiger partial charge in [-0.05, 0) is 12.3 Å². The van der Waals surface area contributed by atoms with Crippen molar-refractivity contribution in [3.63, 3.8) is 0 Å². The lowest BCUT2D eigenvalue weighted by Gasteiger charge is -2.07. The van der Waals surface area contributed by atoms with Crippen LogP contribution in [0.2, 0.25) is 0 Å². The fourth-order valence-electron chi connectivity index (χ4n) is 0.688. The first-order valence-electron chi connectivity index (χ1n) is 5.28. The molecule has 7 N–H and O–H groups in total. The van der Waals surface area contributed by atoms with Crippen LogP contribution in [0.3, 0.4) is 0 Å². The predicted molar refractivity (Wildman–Crippen MR) is 62.9 cm³/mol. The molecule has 0 radical (unpaired) electrons. The number of hydrogen-bond acceptors (Lipinski definition) is 5. The lowest BCUT2D eigenvalue weighted by molar-refractivity contribution is -0.141. The Morgan fingerprint density at radius 1 is 1.00 bits per heavy atom. The van der Waals surface area contributed by atoms with Gasteiger partial charge in [0.15, 0.2) is 0 Å². The van der Waals surface area contributed by atoms with Crippen LogP contribution in [-0.2, 0) is 14.4 Å². The predicted octanol–water partition coefficient (Wildman–Crippen LogP) is -0.683. The van der Waals surface area contributed by atoms with Gasteiger partial charge in [0.05, 0.1) is 0 Å². The van der Waals surface area contributed by atoms with E-state index in [-0.39, 0.29) is 18.8 Å². The molecule has 0 aliphatic rings. The lowest BCUT2D eigenvalue weighted by Crippen LogP contribution is -2.34. The van der Waals surface area contributed by atoms with Crippen LogP contribution in [0.4, 0.5) is 0 Å². The maximum Gasteiger partial charge on any atom is 0.320 e. The van der Waals surface area contributed by atoms with E-state index in [4.69, 9.17) is 26.8 Å². The second-order valence-corrected chi connectivity index (χ2v) is 3.99. The molecule has 18 heavy (non-hydrogen) atoms. The van der Waals surface area contributed by atoms with Gasteiger partial charge in [-0.1, -0.05) is 13.8 Å². The highest BCUT2D eigenvalue weighted by molar-refractivity contribution is 5.74. The van der Waals surface area contributed by atoms with Gasteiger partial charge in [0.2, 0.25) is 0 Å². The molecule has 0 amide bonds. The van der Waals surface area contributed by atoms with E-state index in [1.807, 2.05) is 0 Å². The van der Waals surface area contributed by atoms with Gasteiger partial charge in [-0.2, -0.15) is 0 Å². The van der Waals surface area contributed by atoms with Gasteiger partial charge in [-0.3, -0.25) is 14.4 Å². The molecule has 2 atom stereocenters. The molecule has 0 saturated heterocycles. The molecule has 106 valence electrons. The van der Waals surface area contributed by atoms with Gasteiger partial charge in [0.25, 0.3) is 0 Å². The first kappa shape index (κ1) is 18.7. The molecule has 0 saturated carbocycles. The van der Waals surface area contributed by atoms with E-state index >= 15 is 0 Å². The van der Waals surface area contributed by atoms with E-state index in [9.17, 15) is 14.4 Å². The van der Waals surface area contributed by atoms with Crippen LogP contribution in [0, 0.1) is 5.92 Å². The van der Waals surface area contributed by atoms with Gasteiger partial charge in [0.1, 0.15) is 12.1 Å². The van der Waals surface area contributed by atoms with Crippen molar-refractivity contribution in [1.82, 2.24) is 0 Å².